The smallest absolute Gasteiger partial charge is 0.255 e. The number of hydrogen-bond acceptors (Lipinski definition) is 4. The van der Waals surface area contributed by atoms with Crippen LogP contribution in [-0.2, 0) is 10.0 Å². The van der Waals surface area contributed by atoms with E-state index < -0.39 is 10.0 Å². The van der Waals surface area contributed by atoms with Gasteiger partial charge in [-0.2, -0.15) is 4.31 Å². The van der Waals surface area contributed by atoms with Crippen molar-refractivity contribution in [3.63, 3.8) is 0 Å². The zero-order valence-corrected chi connectivity index (χ0v) is 19.0. The molecule has 1 saturated heterocycles. The summed E-state index contributed by atoms with van der Waals surface area (Å²) in [5, 5.41) is 2.89. The van der Waals surface area contributed by atoms with Gasteiger partial charge in [0.25, 0.3) is 5.91 Å². The molecule has 1 unspecified atom stereocenters. The maximum Gasteiger partial charge on any atom is 0.255 e. The molecule has 2 heterocycles. The molecule has 2 N–H and O–H groups in total. The number of piperidine rings is 1. The van der Waals surface area contributed by atoms with Gasteiger partial charge in [-0.1, -0.05) is 18.9 Å². The third-order valence-electron chi connectivity index (χ3n) is 6.69. The Hall–Kier alpha value is -2.71. The first-order valence-electron chi connectivity index (χ1n) is 11.3. The molecule has 8 heteroatoms. The number of anilines is 1. The number of benzene rings is 2. The first-order chi connectivity index (χ1) is 15.4. The largest absolute Gasteiger partial charge is 0.342 e. The van der Waals surface area contributed by atoms with E-state index in [1.54, 1.807) is 22.5 Å². The average Bonchev–Trinajstić information content (AvgIpc) is 3.15. The number of nitrogens with zero attached hydrogens (tertiary/aromatic N) is 2. The van der Waals surface area contributed by atoms with Crippen LogP contribution in [-0.4, -0.2) is 41.2 Å². The Morgan fingerprint density at radius 3 is 2.69 bits per heavy atom. The fourth-order valence-electron chi connectivity index (χ4n) is 4.55. The molecule has 1 saturated carbocycles. The molecule has 1 aromatic heterocycles. The van der Waals surface area contributed by atoms with Gasteiger partial charge in [-0.3, -0.25) is 4.79 Å². The molecular weight excluding hydrogens is 424 g/mol. The monoisotopic (exact) mass is 452 g/mol. The number of sulfonamides is 1. The molecule has 2 aliphatic rings. The normalized spacial score (nSPS) is 20.2. The van der Waals surface area contributed by atoms with Crippen molar-refractivity contribution in [2.75, 3.05) is 11.9 Å². The number of nitrogens with one attached hydrogen (secondary N) is 2. The van der Waals surface area contributed by atoms with Crippen molar-refractivity contribution in [1.29, 1.82) is 0 Å². The Morgan fingerprint density at radius 2 is 1.94 bits per heavy atom. The third-order valence-corrected chi connectivity index (χ3v) is 8.70. The number of H-pyrrole nitrogens is 1. The van der Waals surface area contributed by atoms with Crippen LogP contribution in [0.15, 0.2) is 47.4 Å². The van der Waals surface area contributed by atoms with E-state index in [1.165, 1.54) is 25.3 Å². The van der Waals surface area contributed by atoms with Crippen LogP contribution in [0.1, 0.15) is 67.5 Å². The minimum atomic E-state index is -3.63. The number of carbonyl (C=O) groups excluding carboxylic acids is 1. The number of rotatable bonds is 5. The van der Waals surface area contributed by atoms with Gasteiger partial charge in [-0.05, 0) is 69.0 Å². The van der Waals surface area contributed by atoms with Crippen LogP contribution in [0.4, 0.5) is 5.69 Å². The van der Waals surface area contributed by atoms with Crippen molar-refractivity contribution in [1.82, 2.24) is 14.3 Å². The van der Waals surface area contributed by atoms with Crippen molar-refractivity contribution in [2.45, 2.75) is 62.3 Å². The highest BCUT2D eigenvalue weighted by molar-refractivity contribution is 7.89. The summed E-state index contributed by atoms with van der Waals surface area (Å²) in [5.74, 6) is 1.18. The fraction of sp³-hybridized carbons (Fsp3) is 0.417. The molecule has 1 aliphatic heterocycles. The fourth-order valence-corrected chi connectivity index (χ4v) is 6.29. The highest BCUT2D eigenvalue weighted by atomic mass is 32.2. The van der Waals surface area contributed by atoms with Gasteiger partial charge >= 0.3 is 0 Å². The molecule has 0 bridgehead atoms. The maximum atomic E-state index is 13.1. The molecule has 7 nitrogen and oxygen atoms in total. The summed E-state index contributed by atoms with van der Waals surface area (Å²) < 4.78 is 27.8. The van der Waals surface area contributed by atoms with Crippen molar-refractivity contribution >= 4 is 32.7 Å². The molecule has 2 aromatic carbocycles. The number of aromatic nitrogens is 2. The van der Waals surface area contributed by atoms with E-state index in [4.69, 9.17) is 0 Å². The summed E-state index contributed by atoms with van der Waals surface area (Å²) in [4.78, 5) is 21.1. The highest BCUT2D eigenvalue weighted by Crippen LogP contribution is 2.35. The van der Waals surface area contributed by atoms with E-state index in [-0.39, 0.29) is 16.8 Å². The molecular formula is C24H28N4O3S. The second-order valence-electron chi connectivity index (χ2n) is 8.92. The van der Waals surface area contributed by atoms with Crippen LogP contribution in [0.2, 0.25) is 0 Å². The summed E-state index contributed by atoms with van der Waals surface area (Å²) in [7, 11) is -3.63. The molecule has 5 rings (SSSR count). The molecule has 1 amide bonds. The summed E-state index contributed by atoms with van der Waals surface area (Å²) in [6.07, 6.45) is 6.34. The average molecular weight is 453 g/mol. The highest BCUT2D eigenvalue weighted by Gasteiger charge is 2.31. The van der Waals surface area contributed by atoms with Gasteiger partial charge in [0.1, 0.15) is 5.82 Å². The van der Waals surface area contributed by atoms with Gasteiger partial charge in [0, 0.05) is 29.8 Å². The second kappa shape index (κ2) is 8.33. The van der Waals surface area contributed by atoms with Crippen LogP contribution >= 0.6 is 0 Å². The van der Waals surface area contributed by atoms with Gasteiger partial charge in [-0.25, -0.2) is 13.4 Å². The van der Waals surface area contributed by atoms with Gasteiger partial charge in [0.05, 0.1) is 15.9 Å². The Kier molecular flexibility index (Phi) is 5.51. The van der Waals surface area contributed by atoms with Gasteiger partial charge in [0.2, 0.25) is 10.0 Å². The number of imidazole rings is 1. The Balaban J connectivity index is 1.35. The van der Waals surface area contributed by atoms with Gasteiger partial charge in [0.15, 0.2) is 0 Å². The van der Waals surface area contributed by atoms with Crippen LogP contribution in [0.5, 0.6) is 0 Å². The Bertz CT molecular complexity index is 1260. The first kappa shape index (κ1) is 21.2. The lowest BCUT2D eigenvalue weighted by Gasteiger charge is -2.32. The summed E-state index contributed by atoms with van der Waals surface area (Å²) in [6, 6.07) is 11.8. The van der Waals surface area contributed by atoms with Crippen molar-refractivity contribution in [3.8, 4) is 0 Å². The first-order valence-corrected chi connectivity index (χ1v) is 12.8. The Morgan fingerprint density at radius 1 is 1.09 bits per heavy atom. The zero-order valence-electron chi connectivity index (χ0n) is 18.2. The maximum absolute atomic E-state index is 13.1. The van der Waals surface area contributed by atoms with Crippen molar-refractivity contribution in [3.05, 3.63) is 53.9 Å². The molecule has 32 heavy (non-hydrogen) atoms. The van der Waals surface area contributed by atoms with E-state index in [0.29, 0.717) is 23.7 Å². The van der Waals surface area contributed by atoms with Crippen molar-refractivity contribution < 1.29 is 13.2 Å². The predicted octanol–water partition coefficient (Wildman–Crippen LogP) is 4.65. The molecule has 0 spiro atoms. The van der Waals surface area contributed by atoms with Crippen LogP contribution in [0.3, 0.4) is 0 Å². The van der Waals surface area contributed by atoms with Crippen LogP contribution < -0.4 is 5.32 Å². The summed E-state index contributed by atoms with van der Waals surface area (Å²) in [6.45, 7) is 2.46. The Labute approximate surface area is 188 Å². The second-order valence-corrected chi connectivity index (χ2v) is 10.8. The van der Waals surface area contributed by atoms with E-state index in [1.807, 2.05) is 25.1 Å². The minimum absolute atomic E-state index is 0.0304. The number of fused-ring (bicyclic) bond motifs is 1. The summed E-state index contributed by atoms with van der Waals surface area (Å²) >= 11 is 0. The van der Waals surface area contributed by atoms with E-state index in [9.17, 15) is 13.2 Å². The quantitative estimate of drug-likeness (QED) is 0.589. The van der Waals surface area contributed by atoms with Crippen LogP contribution in [0, 0.1) is 0 Å². The predicted molar refractivity (Wildman–Crippen MR) is 124 cm³/mol. The van der Waals surface area contributed by atoms with Gasteiger partial charge in [-0.15, -0.1) is 0 Å². The van der Waals surface area contributed by atoms with E-state index >= 15 is 0 Å². The lowest BCUT2D eigenvalue weighted by molar-refractivity contribution is 0.102. The lowest BCUT2D eigenvalue weighted by Crippen LogP contribution is -2.41. The topological polar surface area (TPSA) is 95.2 Å². The van der Waals surface area contributed by atoms with Crippen molar-refractivity contribution in [2.24, 2.45) is 0 Å². The van der Waals surface area contributed by atoms with E-state index in [0.717, 1.165) is 36.1 Å². The molecule has 1 atom stereocenters. The molecule has 3 aromatic rings. The van der Waals surface area contributed by atoms with E-state index in [2.05, 4.69) is 15.3 Å². The number of amides is 1. The number of carbonyl (C=O) groups is 1. The van der Waals surface area contributed by atoms with Crippen LogP contribution in [0.25, 0.3) is 11.0 Å². The third kappa shape index (κ3) is 3.93. The molecule has 168 valence electrons. The standard InChI is InChI=1S/C24H28N4O3S/c1-16-6-2-3-13-28(16)32(30,31)20-10-5-9-18(14-20)24(29)25-19-11-12-21-22(15-19)27-23(26-21)17-7-4-8-17/h5,9-12,14-17H,2-4,6-8,13H2,1H3,(H,25,29)(H,26,27). The SMILES string of the molecule is CC1CCCCN1S(=O)(=O)c1cccc(C(=O)Nc2ccc3nc(C4CCC4)[nH]c3c2)c1. The summed E-state index contributed by atoms with van der Waals surface area (Å²) in [5.41, 5.74) is 2.73. The molecule has 2 fully saturated rings. The number of hydrogen-bond donors (Lipinski definition) is 2. The molecule has 1 aliphatic carbocycles. The molecule has 0 radical (unpaired) electrons. The van der Waals surface area contributed by atoms with Gasteiger partial charge < -0.3 is 10.3 Å². The number of aromatic amines is 1. The minimum Gasteiger partial charge on any atom is -0.342 e. The zero-order chi connectivity index (χ0) is 22.3. The lowest BCUT2D eigenvalue weighted by atomic mass is 9.85.